The lowest BCUT2D eigenvalue weighted by atomic mass is 9.85. The van der Waals surface area contributed by atoms with Gasteiger partial charge in [0.1, 0.15) is 5.60 Å². The van der Waals surface area contributed by atoms with Gasteiger partial charge in [-0.1, -0.05) is 0 Å². The number of rotatable bonds is 8. The Bertz CT molecular complexity index is 557. The number of methoxy groups -OCH3 is 1. The van der Waals surface area contributed by atoms with Crippen LogP contribution in [0.2, 0.25) is 0 Å². The molecule has 1 aliphatic rings. The number of carbonyl (C=O) groups is 2. The molecule has 1 aliphatic carbocycles. The maximum atomic E-state index is 11.2. The van der Waals surface area contributed by atoms with Crippen LogP contribution in [0.1, 0.15) is 19.8 Å². The highest BCUT2D eigenvalue weighted by molar-refractivity contribution is 5.96. The van der Waals surface area contributed by atoms with Gasteiger partial charge in [0.25, 0.3) is 0 Å². The largest absolute Gasteiger partial charge is 0.489 e. The summed E-state index contributed by atoms with van der Waals surface area (Å²) >= 11 is 0. The van der Waals surface area contributed by atoms with E-state index in [9.17, 15) is 24.9 Å². The standard InChI is InChI=1S/C14H22N2O8/c1-7(18)11(13(21)22)16-9-4-14(23,6-17)3-8(12(9)24-2)15-5-10(19)20/h7,11,16-18,23H,3-6H2,1-2H3,(H,19,20)(H,21,22)/p+1. The SMILES string of the molecule is COC1=C(NC(C(=O)O)C(C)O)CC(O)(CO)CC1=[NH+]CC(=O)O. The van der Waals surface area contributed by atoms with E-state index in [-0.39, 0.29) is 30.0 Å². The van der Waals surface area contributed by atoms with Gasteiger partial charge >= 0.3 is 11.9 Å². The first-order valence-electron chi connectivity index (χ1n) is 7.23. The van der Waals surface area contributed by atoms with Gasteiger partial charge in [0.05, 0.1) is 31.9 Å². The third-order valence-electron chi connectivity index (χ3n) is 3.59. The summed E-state index contributed by atoms with van der Waals surface area (Å²) in [5, 5.41) is 49.9. The van der Waals surface area contributed by atoms with Crippen LogP contribution in [0.15, 0.2) is 11.5 Å². The Balaban J connectivity index is 3.29. The molecule has 7 N–H and O–H groups in total. The van der Waals surface area contributed by atoms with Gasteiger partial charge in [-0.2, -0.15) is 0 Å². The molecule has 0 saturated heterocycles. The number of aliphatic carboxylic acids is 2. The first kappa shape index (κ1) is 19.9. The molecular formula is C14H23N2O8+. The van der Waals surface area contributed by atoms with Crippen molar-refractivity contribution >= 4 is 17.7 Å². The fourth-order valence-electron chi connectivity index (χ4n) is 2.44. The molecule has 0 saturated carbocycles. The Kier molecular flexibility index (Phi) is 6.70. The van der Waals surface area contributed by atoms with Crippen molar-refractivity contribution < 1.29 is 44.9 Å². The summed E-state index contributed by atoms with van der Waals surface area (Å²) in [6, 6.07) is -1.37. The maximum absolute atomic E-state index is 11.2. The molecule has 1 rings (SSSR count). The molecular weight excluding hydrogens is 324 g/mol. The van der Waals surface area contributed by atoms with Crippen molar-refractivity contribution in [1.29, 1.82) is 0 Å². The number of aliphatic hydroxyl groups excluding tert-OH is 2. The van der Waals surface area contributed by atoms with E-state index in [0.717, 1.165) is 0 Å². The molecule has 3 unspecified atom stereocenters. The van der Waals surface area contributed by atoms with Crippen LogP contribution in [-0.2, 0) is 14.3 Å². The normalized spacial score (nSPS) is 25.3. The van der Waals surface area contributed by atoms with E-state index in [1.54, 1.807) is 0 Å². The molecule has 0 bridgehead atoms. The Labute approximate surface area is 138 Å². The third kappa shape index (κ3) is 4.91. The highest BCUT2D eigenvalue weighted by atomic mass is 16.5. The predicted octanol–water partition coefficient (Wildman–Crippen LogP) is -3.61. The monoisotopic (exact) mass is 347 g/mol. The molecule has 24 heavy (non-hydrogen) atoms. The molecule has 10 heteroatoms. The van der Waals surface area contributed by atoms with Crippen LogP contribution in [0.4, 0.5) is 0 Å². The fourth-order valence-corrected chi connectivity index (χ4v) is 2.44. The van der Waals surface area contributed by atoms with Crippen LogP contribution in [-0.4, -0.2) is 81.2 Å². The molecule has 0 aliphatic heterocycles. The van der Waals surface area contributed by atoms with E-state index in [2.05, 4.69) is 10.3 Å². The lowest BCUT2D eigenvalue weighted by Gasteiger charge is -2.33. The van der Waals surface area contributed by atoms with Gasteiger partial charge in [-0.25, -0.2) is 14.6 Å². The Morgan fingerprint density at radius 1 is 1.38 bits per heavy atom. The van der Waals surface area contributed by atoms with Gasteiger partial charge < -0.3 is 35.6 Å². The molecule has 0 aromatic heterocycles. The number of nitrogens with one attached hydrogen (secondary N) is 2. The minimum atomic E-state index is -1.62. The summed E-state index contributed by atoms with van der Waals surface area (Å²) in [4.78, 5) is 24.6. The van der Waals surface area contributed by atoms with Gasteiger partial charge in [0.15, 0.2) is 6.04 Å². The molecule has 0 radical (unpaired) electrons. The smallest absolute Gasteiger partial charge is 0.369 e. The van der Waals surface area contributed by atoms with E-state index in [4.69, 9.17) is 14.9 Å². The quantitative estimate of drug-likeness (QED) is 0.234. The van der Waals surface area contributed by atoms with E-state index in [1.165, 1.54) is 14.0 Å². The minimum Gasteiger partial charge on any atom is -0.489 e. The van der Waals surface area contributed by atoms with E-state index < -0.39 is 42.8 Å². The lowest BCUT2D eigenvalue weighted by Crippen LogP contribution is -2.77. The zero-order valence-electron chi connectivity index (χ0n) is 13.4. The van der Waals surface area contributed by atoms with Crippen molar-refractivity contribution in [2.75, 3.05) is 20.3 Å². The van der Waals surface area contributed by atoms with E-state index in [0.29, 0.717) is 0 Å². The van der Waals surface area contributed by atoms with Crippen molar-refractivity contribution in [2.45, 2.75) is 37.5 Å². The van der Waals surface area contributed by atoms with Crippen molar-refractivity contribution in [3.63, 3.8) is 0 Å². The molecule has 0 aromatic rings. The summed E-state index contributed by atoms with van der Waals surface area (Å²) in [7, 11) is 1.31. The molecule has 0 spiro atoms. The summed E-state index contributed by atoms with van der Waals surface area (Å²) in [6.45, 7) is 0.211. The molecule has 10 nitrogen and oxygen atoms in total. The van der Waals surface area contributed by atoms with Crippen LogP contribution < -0.4 is 10.3 Å². The maximum Gasteiger partial charge on any atom is 0.369 e. The van der Waals surface area contributed by atoms with Gasteiger partial charge in [-0.3, -0.25) is 0 Å². The first-order valence-corrected chi connectivity index (χ1v) is 7.23. The Hall–Kier alpha value is -2.17. The highest BCUT2D eigenvalue weighted by Gasteiger charge is 2.42. The zero-order valence-corrected chi connectivity index (χ0v) is 13.4. The second-order valence-electron chi connectivity index (χ2n) is 5.67. The van der Waals surface area contributed by atoms with E-state index >= 15 is 0 Å². The number of ether oxygens (including phenoxy) is 1. The number of carboxylic acid groups (broad SMARTS) is 2. The predicted molar refractivity (Wildman–Crippen MR) is 80.0 cm³/mol. The second kappa shape index (κ2) is 8.08. The summed E-state index contributed by atoms with van der Waals surface area (Å²) in [6.07, 6.45) is -1.49. The summed E-state index contributed by atoms with van der Waals surface area (Å²) < 4.78 is 5.20. The van der Waals surface area contributed by atoms with Gasteiger partial charge in [-0.05, 0) is 6.92 Å². The molecule has 136 valence electrons. The topological polar surface area (TPSA) is 171 Å². The highest BCUT2D eigenvalue weighted by Crippen LogP contribution is 2.29. The Morgan fingerprint density at radius 3 is 2.42 bits per heavy atom. The fraction of sp³-hybridized carbons (Fsp3) is 0.643. The van der Waals surface area contributed by atoms with Crippen molar-refractivity contribution in [1.82, 2.24) is 5.32 Å². The van der Waals surface area contributed by atoms with Gasteiger partial charge in [-0.15, -0.1) is 0 Å². The van der Waals surface area contributed by atoms with Crippen LogP contribution >= 0.6 is 0 Å². The Morgan fingerprint density at radius 2 is 2.00 bits per heavy atom. The molecule has 3 atom stereocenters. The lowest BCUT2D eigenvalue weighted by molar-refractivity contribution is -0.449. The molecule has 0 amide bonds. The second-order valence-corrected chi connectivity index (χ2v) is 5.67. The van der Waals surface area contributed by atoms with Crippen LogP contribution in [0.3, 0.4) is 0 Å². The van der Waals surface area contributed by atoms with Crippen LogP contribution in [0, 0.1) is 0 Å². The molecule has 0 aromatic carbocycles. The molecule has 0 fully saturated rings. The third-order valence-corrected chi connectivity index (χ3v) is 3.59. The van der Waals surface area contributed by atoms with Crippen LogP contribution in [0.5, 0.6) is 0 Å². The summed E-state index contributed by atoms with van der Waals surface area (Å²) in [5.41, 5.74) is -1.27. The average molecular weight is 347 g/mol. The first-order chi connectivity index (χ1) is 11.1. The van der Waals surface area contributed by atoms with Crippen molar-refractivity contribution in [3.05, 3.63) is 11.5 Å². The number of hydrogen-bond donors (Lipinski definition) is 7. The number of aliphatic hydroxyl groups is 3. The van der Waals surface area contributed by atoms with Crippen LogP contribution in [0.25, 0.3) is 0 Å². The van der Waals surface area contributed by atoms with Crippen molar-refractivity contribution in [3.8, 4) is 0 Å². The number of carboxylic acids is 2. The van der Waals surface area contributed by atoms with E-state index in [1.807, 2.05) is 0 Å². The van der Waals surface area contributed by atoms with Gasteiger partial charge in [0.2, 0.25) is 18.0 Å². The number of hydrogen-bond acceptors (Lipinski definition) is 7. The number of allylic oxidation sites excluding steroid dienone is 1. The van der Waals surface area contributed by atoms with Gasteiger partial charge in [0, 0.05) is 6.42 Å². The minimum absolute atomic E-state index is 0.0997. The average Bonchev–Trinajstić information content (AvgIpc) is 2.49. The molecule has 0 heterocycles. The zero-order chi connectivity index (χ0) is 18.5. The summed E-state index contributed by atoms with van der Waals surface area (Å²) in [5.74, 6) is -2.31. The van der Waals surface area contributed by atoms with Crippen molar-refractivity contribution in [2.24, 2.45) is 0 Å².